The summed E-state index contributed by atoms with van der Waals surface area (Å²) in [6.45, 7) is 4.79. The van der Waals surface area contributed by atoms with Crippen LogP contribution in [0.25, 0.3) is 53.2 Å². The number of fused-ring (bicyclic) bond motifs is 8. The molecular formula is C43H31NS. The summed E-state index contributed by atoms with van der Waals surface area (Å²) in [5.74, 6) is 0. The Morgan fingerprint density at radius 1 is 0.533 bits per heavy atom. The van der Waals surface area contributed by atoms with E-state index in [1.165, 1.54) is 70.0 Å². The van der Waals surface area contributed by atoms with Crippen LogP contribution in [-0.2, 0) is 5.41 Å². The van der Waals surface area contributed by atoms with Crippen LogP contribution in [-0.4, -0.2) is 0 Å². The van der Waals surface area contributed by atoms with E-state index in [0.29, 0.717) is 0 Å². The lowest BCUT2D eigenvalue weighted by atomic mass is 9.81. The first-order chi connectivity index (χ1) is 22.1. The number of para-hydroxylation sites is 1. The van der Waals surface area contributed by atoms with Gasteiger partial charge in [-0.3, -0.25) is 0 Å². The third-order valence-corrected chi connectivity index (χ3v) is 10.8. The van der Waals surface area contributed by atoms with Crippen LogP contribution in [0.15, 0.2) is 152 Å². The Morgan fingerprint density at radius 3 is 2.09 bits per heavy atom. The fourth-order valence-corrected chi connectivity index (χ4v) is 8.74. The first-order valence-electron chi connectivity index (χ1n) is 15.6. The van der Waals surface area contributed by atoms with Crippen LogP contribution >= 0.6 is 11.3 Å². The summed E-state index contributed by atoms with van der Waals surface area (Å²) in [4.78, 5) is 2.44. The molecule has 9 rings (SSSR count). The second-order valence-corrected chi connectivity index (χ2v) is 13.6. The maximum Gasteiger partial charge on any atom is 0.0508 e. The summed E-state index contributed by atoms with van der Waals surface area (Å²) >= 11 is 1.92. The van der Waals surface area contributed by atoms with Crippen LogP contribution in [0.3, 0.4) is 0 Å². The van der Waals surface area contributed by atoms with Crippen molar-refractivity contribution in [2.45, 2.75) is 19.3 Å². The SMILES string of the molecule is CC1(C)c2ccc3c(sc4ccccc43)c2-c2cccc(N(c3ccccc3)c3ccc(-c4ccc5ccccc5c4)cc3)c21. The molecule has 0 saturated carbocycles. The zero-order valence-electron chi connectivity index (χ0n) is 25.3. The van der Waals surface area contributed by atoms with Gasteiger partial charge in [0.15, 0.2) is 0 Å². The Labute approximate surface area is 267 Å². The van der Waals surface area contributed by atoms with Crippen LogP contribution in [0.5, 0.6) is 0 Å². The maximum atomic E-state index is 2.44. The van der Waals surface area contributed by atoms with E-state index in [1.54, 1.807) is 0 Å². The molecular weight excluding hydrogens is 563 g/mol. The van der Waals surface area contributed by atoms with Gasteiger partial charge in [0.1, 0.15) is 0 Å². The fraction of sp³-hybridized carbons (Fsp3) is 0.0698. The van der Waals surface area contributed by atoms with Crippen molar-refractivity contribution in [3.8, 4) is 22.3 Å². The molecule has 0 aliphatic heterocycles. The zero-order chi connectivity index (χ0) is 30.1. The van der Waals surface area contributed by atoms with E-state index in [9.17, 15) is 0 Å². The minimum atomic E-state index is -0.163. The standard InChI is InChI=1S/C43H31NS/c1-43(2)37-26-25-35-34-15-8-9-18-39(34)45-42(35)40(37)36-16-10-17-38(41(36)43)44(32-13-4-3-5-14-32)33-23-21-29(22-24-33)31-20-19-28-11-6-7-12-30(28)27-31/h3-27H,1-2H3. The van der Waals surface area contributed by atoms with Crippen molar-refractivity contribution in [1.82, 2.24) is 0 Å². The highest BCUT2D eigenvalue weighted by Gasteiger charge is 2.40. The van der Waals surface area contributed by atoms with Crippen molar-refractivity contribution >= 4 is 59.3 Å². The van der Waals surface area contributed by atoms with Gasteiger partial charge in [0.2, 0.25) is 0 Å². The number of thiophene rings is 1. The van der Waals surface area contributed by atoms with Gasteiger partial charge in [0.25, 0.3) is 0 Å². The molecule has 0 spiro atoms. The van der Waals surface area contributed by atoms with Crippen molar-refractivity contribution in [3.05, 3.63) is 163 Å². The molecule has 1 aliphatic rings. The number of anilines is 3. The van der Waals surface area contributed by atoms with Gasteiger partial charge in [-0.1, -0.05) is 123 Å². The number of nitrogens with zero attached hydrogens (tertiary/aromatic N) is 1. The van der Waals surface area contributed by atoms with Crippen LogP contribution in [0.1, 0.15) is 25.0 Å². The van der Waals surface area contributed by atoms with E-state index in [4.69, 9.17) is 0 Å². The van der Waals surface area contributed by atoms with Gasteiger partial charge in [0.05, 0.1) is 5.69 Å². The minimum absolute atomic E-state index is 0.163. The highest BCUT2D eigenvalue weighted by molar-refractivity contribution is 7.26. The van der Waals surface area contributed by atoms with Crippen molar-refractivity contribution in [3.63, 3.8) is 0 Å². The quantitative estimate of drug-likeness (QED) is 0.196. The second kappa shape index (κ2) is 9.92. The molecule has 7 aromatic carbocycles. The summed E-state index contributed by atoms with van der Waals surface area (Å²) in [5.41, 5.74) is 11.4. The lowest BCUT2D eigenvalue weighted by molar-refractivity contribution is 0.661. The monoisotopic (exact) mass is 593 g/mol. The van der Waals surface area contributed by atoms with Gasteiger partial charge in [0, 0.05) is 42.5 Å². The number of benzene rings is 7. The minimum Gasteiger partial charge on any atom is -0.310 e. The molecule has 214 valence electrons. The Balaban J connectivity index is 1.22. The maximum absolute atomic E-state index is 2.44. The average Bonchev–Trinajstić information content (AvgIpc) is 3.58. The molecule has 1 aromatic heterocycles. The first-order valence-corrected chi connectivity index (χ1v) is 16.4. The number of hydrogen-bond donors (Lipinski definition) is 0. The third-order valence-electron chi connectivity index (χ3n) is 9.62. The van der Waals surface area contributed by atoms with Gasteiger partial charge in [-0.2, -0.15) is 0 Å². The highest BCUT2D eigenvalue weighted by Crippen LogP contribution is 2.57. The molecule has 1 aliphatic carbocycles. The molecule has 0 saturated heterocycles. The molecule has 0 atom stereocenters. The third kappa shape index (κ3) is 3.99. The first kappa shape index (κ1) is 26.2. The molecule has 0 N–H and O–H groups in total. The molecule has 1 nitrogen and oxygen atoms in total. The van der Waals surface area contributed by atoms with Crippen LogP contribution in [0, 0.1) is 0 Å². The van der Waals surface area contributed by atoms with Crippen molar-refractivity contribution in [2.75, 3.05) is 4.90 Å². The zero-order valence-corrected chi connectivity index (χ0v) is 26.1. The molecule has 8 aromatic rings. The van der Waals surface area contributed by atoms with Gasteiger partial charge >= 0.3 is 0 Å². The number of hydrogen-bond acceptors (Lipinski definition) is 2. The Morgan fingerprint density at radius 2 is 1.24 bits per heavy atom. The Kier molecular flexibility index (Phi) is 5.78. The average molecular weight is 594 g/mol. The van der Waals surface area contributed by atoms with Crippen molar-refractivity contribution in [1.29, 1.82) is 0 Å². The van der Waals surface area contributed by atoms with Crippen molar-refractivity contribution < 1.29 is 0 Å². The number of rotatable bonds is 4. The summed E-state index contributed by atoms with van der Waals surface area (Å²) in [6, 6.07) is 55.6. The smallest absolute Gasteiger partial charge is 0.0508 e. The summed E-state index contributed by atoms with van der Waals surface area (Å²) in [5, 5.41) is 5.23. The summed E-state index contributed by atoms with van der Waals surface area (Å²) in [7, 11) is 0. The van der Waals surface area contributed by atoms with E-state index >= 15 is 0 Å². The van der Waals surface area contributed by atoms with E-state index in [2.05, 4.69) is 170 Å². The predicted octanol–water partition coefficient (Wildman–Crippen LogP) is 12.7. The largest absolute Gasteiger partial charge is 0.310 e. The molecule has 0 bridgehead atoms. The molecule has 2 heteroatoms. The van der Waals surface area contributed by atoms with E-state index in [1.807, 2.05) is 11.3 Å². The predicted molar refractivity (Wildman–Crippen MR) is 195 cm³/mol. The van der Waals surface area contributed by atoms with E-state index in [-0.39, 0.29) is 5.41 Å². The van der Waals surface area contributed by atoms with Gasteiger partial charge in [-0.15, -0.1) is 11.3 Å². The molecule has 0 radical (unpaired) electrons. The van der Waals surface area contributed by atoms with Crippen LogP contribution < -0.4 is 4.90 Å². The summed E-state index contributed by atoms with van der Waals surface area (Å²) in [6.07, 6.45) is 0. The fourth-order valence-electron chi connectivity index (χ4n) is 7.48. The summed E-state index contributed by atoms with van der Waals surface area (Å²) < 4.78 is 2.74. The lowest BCUT2D eigenvalue weighted by Crippen LogP contribution is -2.20. The van der Waals surface area contributed by atoms with Crippen LogP contribution in [0.2, 0.25) is 0 Å². The van der Waals surface area contributed by atoms with Gasteiger partial charge in [-0.25, -0.2) is 0 Å². The molecule has 0 fully saturated rings. The highest BCUT2D eigenvalue weighted by atomic mass is 32.1. The lowest BCUT2D eigenvalue weighted by Gasteiger charge is -2.32. The molecule has 1 heterocycles. The van der Waals surface area contributed by atoms with E-state index < -0.39 is 0 Å². The Bertz CT molecular complexity index is 2400. The molecule has 0 unspecified atom stereocenters. The normalized spacial score (nSPS) is 13.3. The van der Waals surface area contributed by atoms with Gasteiger partial charge < -0.3 is 4.90 Å². The molecule has 45 heavy (non-hydrogen) atoms. The second-order valence-electron chi connectivity index (χ2n) is 12.6. The Hall–Kier alpha value is -5.18. The van der Waals surface area contributed by atoms with Crippen molar-refractivity contribution in [2.24, 2.45) is 0 Å². The topological polar surface area (TPSA) is 3.24 Å². The van der Waals surface area contributed by atoms with Crippen LogP contribution in [0.4, 0.5) is 17.1 Å². The van der Waals surface area contributed by atoms with E-state index in [0.717, 1.165) is 11.4 Å². The molecule has 0 amide bonds. The van der Waals surface area contributed by atoms with Gasteiger partial charge in [-0.05, 0) is 81.1 Å².